The summed E-state index contributed by atoms with van der Waals surface area (Å²) in [6.07, 6.45) is -0.874. The maximum atomic E-state index is 12.1. The van der Waals surface area contributed by atoms with Gasteiger partial charge in [0.15, 0.2) is 6.10 Å². The Kier molecular flexibility index (Phi) is 6.48. The first kappa shape index (κ1) is 19.9. The third kappa shape index (κ3) is 5.27. The zero-order valence-corrected chi connectivity index (χ0v) is 15.3. The van der Waals surface area contributed by atoms with Gasteiger partial charge in [-0.25, -0.2) is 0 Å². The third-order valence-electron chi connectivity index (χ3n) is 3.87. The molecule has 2 aromatic rings. The van der Waals surface area contributed by atoms with Crippen LogP contribution in [0.1, 0.15) is 42.6 Å². The summed E-state index contributed by atoms with van der Waals surface area (Å²) in [5, 5.41) is 11.0. The molecule has 2 amide bonds. The van der Waals surface area contributed by atoms with E-state index < -0.39 is 22.8 Å². The van der Waals surface area contributed by atoms with Gasteiger partial charge in [0.25, 0.3) is 17.5 Å². The van der Waals surface area contributed by atoms with E-state index in [1.54, 1.807) is 12.1 Å². The second-order valence-corrected chi connectivity index (χ2v) is 6.20. The molecule has 0 aliphatic carbocycles. The first-order valence-corrected chi connectivity index (χ1v) is 8.39. The minimum Gasteiger partial charge on any atom is -0.481 e. The molecule has 0 heterocycles. The summed E-state index contributed by atoms with van der Waals surface area (Å²) in [4.78, 5) is 34.5. The topological polar surface area (TPSA) is 111 Å². The van der Waals surface area contributed by atoms with Gasteiger partial charge in [0, 0.05) is 6.07 Å². The molecular formula is C19H21N3O5. The summed E-state index contributed by atoms with van der Waals surface area (Å²) in [6.45, 7) is 5.68. The van der Waals surface area contributed by atoms with Crippen LogP contribution in [0.2, 0.25) is 0 Å². The number of nitro groups is 1. The second-order valence-electron chi connectivity index (χ2n) is 6.20. The number of ether oxygens (including phenoxy) is 1. The normalized spacial score (nSPS) is 11.6. The predicted molar refractivity (Wildman–Crippen MR) is 99.3 cm³/mol. The maximum Gasteiger partial charge on any atom is 0.282 e. The Morgan fingerprint density at radius 3 is 2.22 bits per heavy atom. The summed E-state index contributed by atoms with van der Waals surface area (Å²) >= 11 is 0. The number of hydrogen-bond acceptors (Lipinski definition) is 5. The van der Waals surface area contributed by atoms with Crippen molar-refractivity contribution in [1.29, 1.82) is 0 Å². The van der Waals surface area contributed by atoms with Crippen LogP contribution in [-0.4, -0.2) is 22.8 Å². The van der Waals surface area contributed by atoms with Crippen LogP contribution in [0.15, 0.2) is 48.5 Å². The first-order valence-electron chi connectivity index (χ1n) is 8.39. The number of para-hydroxylation sites is 1. The number of carbonyl (C=O) groups excluding carboxylic acids is 2. The summed E-state index contributed by atoms with van der Waals surface area (Å²) in [5.41, 5.74) is 5.02. The van der Waals surface area contributed by atoms with Crippen molar-refractivity contribution >= 4 is 17.5 Å². The zero-order valence-electron chi connectivity index (χ0n) is 15.3. The Bertz CT molecular complexity index is 833. The number of hydrazine groups is 1. The van der Waals surface area contributed by atoms with Crippen LogP contribution in [0, 0.1) is 10.1 Å². The average Bonchev–Trinajstić information content (AvgIpc) is 2.66. The largest absolute Gasteiger partial charge is 0.481 e. The molecule has 2 N–H and O–H groups in total. The Hall–Kier alpha value is -3.42. The van der Waals surface area contributed by atoms with Crippen LogP contribution in [-0.2, 0) is 4.79 Å². The highest BCUT2D eigenvalue weighted by molar-refractivity contribution is 5.99. The molecule has 2 rings (SSSR count). The van der Waals surface area contributed by atoms with E-state index in [2.05, 4.69) is 24.7 Å². The smallest absolute Gasteiger partial charge is 0.282 e. The summed E-state index contributed by atoms with van der Waals surface area (Å²) in [5.74, 6) is -0.469. The minimum absolute atomic E-state index is 0.152. The molecule has 0 bridgehead atoms. The van der Waals surface area contributed by atoms with Gasteiger partial charge in [0.05, 0.1) is 4.92 Å². The Morgan fingerprint density at radius 2 is 1.63 bits per heavy atom. The molecule has 1 unspecified atom stereocenters. The van der Waals surface area contributed by atoms with Gasteiger partial charge in [-0.2, -0.15) is 0 Å². The SMILES string of the molecule is CC(Oc1ccc(C(C)C)cc1)C(=O)NNC(=O)c1ccccc1[N+](=O)[O-]. The number of carbonyl (C=O) groups is 2. The molecule has 0 spiro atoms. The van der Waals surface area contributed by atoms with Crippen molar-refractivity contribution in [2.24, 2.45) is 0 Å². The molecule has 0 fully saturated rings. The number of nitrogens with zero attached hydrogens (tertiary/aromatic N) is 1. The number of nitro benzene ring substituents is 1. The fourth-order valence-corrected chi connectivity index (χ4v) is 2.30. The van der Waals surface area contributed by atoms with Crippen LogP contribution in [0.5, 0.6) is 5.75 Å². The lowest BCUT2D eigenvalue weighted by atomic mass is 10.0. The van der Waals surface area contributed by atoms with Crippen LogP contribution >= 0.6 is 0 Å². The fraction of sp³-hybridized carbons (Fsp3) is 0.263. The standard InChI is InChI=1S/C19H21N3O5/c1-12(2)14-8-10-15(11-9-14)27-13(3)18(23)20-21-19(24)16-6-4-5-7-17(16)22(25)26/h4-13H,1-3H3,(H,20,23)(H,21,24). The van der Waals surface area contributed by atoms with Crippen molar-refractivity contribution in [1.82, 2.24) is 10.9 Å². The molecule has 0 aromatic heterocycles. The van der Waals surface area contributed by atoms with E-state index in [-0.39, 0.29) is 11.3 Å². The molecule has 0 radical (unpaired) electrons. The Labute approximate surface area is 156 Å². The van der Waals surface area contributed by atoms with E-state index in [1.165, 1.54) is 31.2 Å². The highest BCUT2D eigenvalue weighted by Gasteiger charge is 2.21. The fourth-order valence-electron chi connectivity index (χ4n) is 2.30. The third-order valence-corrected chi connectivity index (χ3v) is 3.87. The van der Waals surface area contributed by atoms with Crippen LogP contribution in [0.3, 0.4) is 0 Å². The van der Waals surface area contributed by atoms with Crippen molar-refractivity contribution in [3.05, 3.63) is 69.8 Å². The number of rotatable bonds is 6. The quantitative estimate of drug-likeness (QED) is 0.599. The molecule has 8 nitrogen and oxygen atoms in total. The zero-order chi connectivity index (χ0) is 20.0. The van der Waals surface area contributed by atoms with Crippen molar-refractivity contribution in [2.75, 3.05) is 0 Å². The highest BCUT2D eigenvalue weighted by Crippen LogP contribution is 2.19. The molecule has 0 saturated carbocycles. The monoisotopic (exact) mass is 371 g/mol. The lowest BCUT2D eigenvalue weighted by Crippen LogP contribution is -2.47. The Balaban J connectivity index is 1.93. The van der Waals surface area contributed by atoms with Gasteiger partial charge < -0.3 is 4.74 Å². The molecule has 142 valence electrons. The van der Waals surface area contributed by atoms with Crippen LogP contribution < -0.4 is 15.6 Å². The molecule has 27 heavy (non-hydrogen) atoms. The van der Waals surface area contributed by atoms with Crippen molar-refractivity contribution in [3.63, 3.8) is 0 Å². The van der Waals surface area contributed by atoms with Gasteiger partial charge in [0.2, 0.25) is 0 Å². The van der Waals surface area contributed by atoms with E-state index in [4.69, 9.17) is 4.74 Å². The van der Waals surface area contributed by atoms with Crippen molar-refractivity contribution in [3.8, 4) is 5.75 Å². The van der Waals surface area contributed by atoms with Crippen LogP contribution in [0.4, 0.5) is 5.69 Å². The molecule has 8 heteroatoms. The van der Waals surface area contributed by atoms with Crippen LogP contribution in [0.25, 0.3) is 0 Å². The van der Waals surface area contributed by atoms with Gasteiger partial charge in [-0.05, 0) is 36.6 Å². The maximum absolute atomic E-state index is 12.1. The van der Waals surface area contributed by atoms with E-state index in [0.29, 0.717) is 11.7 Å². The molecule has 1 atom stereocenters. The second kappa shape index (κ2) is 8.79. The number of amides is 2. The number of nitrogens with one attached hydrogen (secondary N) is 2. The average molecular weight is 371 g/mol. The molecular weight excluding hydrogens is 350 g/mol. The summed E-state index contributed by atoms with van der Waals surface area (Å²) < 4.78 is 5.54. The lowest BCUT2D eigenvalue weighted by Gasteiger charge is -2.16. The number of hydrogen-bond donors (Lipinski definition) is 2. The van der Waals surface area contributed by atoms with Gasteiger partial charge in [-0.15, -0.1) is 0 Å². The predicted octanol–water partition coefficient (Wildman–Crippen LogP) is 2.95. The molecule has 0 aliphatic rings. The summed E-state index contributed by atoms with van der Waals surface area (Å²) in [6, 6.07) is 12.8. The molecule has 0 aliphatic heterocycles. The van der Waals surface area contributed by atoms with Crippen molar-refractivity contribution < 1.29 is 19.2 Å². The first-order chi connectivity index (χ1) is 12.8. The van der Waals surface area contributed by atoms with E-state index in [1.807, 2.05) is 12.1 Å². The highest BCUT2D eigenvalue weighted by atomic mass is 16.6. The summed E-state index contributed by atoms with van der Waals surface area (Å²) in [7, 11) is 0. The van der Waals surface area contributed by atoms with E-state index in [9.17, 15) is 19.7 Å². The Morgan fingerprint density at radius 1 is 1.00 bits per heavy atom. The van der Waals surface area contributed by atoms with Gasteiger partial charge in [0.1, 0.15) is 11.3 Å². The van der Waals surface area contributed by atoms with E-state index in [0.717, 1.165) is 5.56 Å². The van der Waals surface area contributed by atoms with Gasteiger partial charge in [-0.3, -0.25) is 30.6 Å². The minimum atomic E-state index is -0.874. The molecule has 2 aromatic carbocycles. The van der Waals surface area contributed by atoms with E-state index >= 15 is 0 Å². The van der Waals surface area contributed by atoms with Crippen molar-refractivity contribution in [2.45, 2.75) is 32.8 Å². The lowest BCUT2D eigenvalue weighted by molar-refractivity contribution is -0.385. The van der Waals surface area contributed by atoms with Gasteiger partial charge >= 0.3 is 0 Å². The molecule has 0 saturated heterocycles. The van der Waals surface area contributed by atoms with Gasteiger partial charge in [-0.1, -0.05) is 38.1 Å². The number of benzene rings is 2.